The fourth-order valence-electron chi connectivity index (χ4n) is 4.62. The summed E-state index contributed by atoms with van der Waals surface area (Å²) in [6.45, 7) is 3.43. The van der Waals surface area contributed by atoms with E-state index in [1.165, 1.54) is 75.0 Å². The molecule has 0 saturated carbocycles. The Hall–Kier alpha value is -1.29. The minimum atomic E-state index is -4.36. The molecule has 1 saturated heterocycles. The zero-order valence-corrected chi connectivity index (χ0v) is 23.5. The van der Waals surface area contributed by atoms with Gasteiger partial charge >= 0.3 is 13.5 Å². The van der Waals surface area contributed by atoms with Gasteiger partial charge in [0.1, 0.15) is 18.4 Å². The molecule has 11 heteroatoms. The summed E-state index contributed by atoms with van der Waals surface area (Å²) in [7, 11) is -4.36. The van der Waals surface area contributed by atoms with Gasteiger partial charge in [0.05, 0.1) is 13.2 Å². The summed E-state index contributed by atoms with van der Waals surface area (Å²) in [5.41, 5.74) is -0.848. The SMILES string of the molecule is CCCCCCCCCCCCCCCCOP(=O)(O)O[C@H]1C[C@H](n2cc(C)c(=O)[nH]c2=O)O[C@@H]1CO. The lowest BCUT2D eigenvalue weighted by molar-refractivity contribution is -0.0464. The maximum atomic E-state index is 12.4. The Morgan fingerprint density at radius 2 is 1.54 bits per heavy atom. The van der Waals surface area contributed by atoms with Crippen molar-refractivity contribution in [3.05, 3.63) is 32.6 Å². The van der Waals surface area contributed by atoms with Crippen LogP contribution in [0.15, 0.2) is 15.8 Å². The smallest absolute Gasteiger partial charge is 0.394 e. The molecule has 0 aromatic carbocycles. The van der Waals surface area contributed by atoms with Crippen molar-refractivity contribution in [3.8, 4) is 0 Å². The van der Waals surface area contributed by atoms with E-state index in [4.69, 9.17) is 13.8 Å². The molecule has 0 spiro atoms. The van der Waals surface area contributed by atoms with Gasteiger partial charge in [0.25, 0.3) is 5.56 Å². The fourth-order valence-corrected chi connectivity index (χ4v) is 5.61. The van der Waals surface area contributed by atoms with Crippen molar-refractivity contribution in [1.82, 2.24) is 9.55 Å². The number of ether oxygens (including phenoxy) is 1. The predicted octanol–water partition coefficient (Wildman–Crippen LogP) is 5.11. The lowest BCUT2D eigenvalue weighted by atomic mass is 10.0. The number of phosphoric acid groups is 1. The number of nitrogens with one attached hydrogen (secondary N) is 1. The van der Waals surface area contributed by atoms with E-state index >= 15 is 0 Å². The molecule has 0 amide bonds. The molecule has 0 radical (unpaired) electrons. The highest BCUT2D eigenvalue weighted by molar-refractivity contribution is 7.47. The van der Waals surface area contributed by atoms with Crippen molar-refractivity contribution in [2.75, 3.05) is 13.2 Å². The van der Waals surface area contributed by atoms with Crippen LogP contribution in [-0.2, 0) is 18.3 Å². The minimum absolute atomic E-state index is 0.0450. The molecule has 1 aromatic heterocycles. The quantitative estimate of drug-likeness (QED) is 0.151. The molecule has 1 fully saturated rings. The average molecular weight is 547 g/mol. The Morgan fingerprint density at radius 1 is 1.00 bits per heavy atom. The number of hydrogen-bond acceptors (Lipinski definition) is 7. The number of aliphatic hydroxyl groups is 1. The molecular formula is C26H47N2O8P. The van der Waals surface area contributed by atoms with Gasteiger partial charge in [-0.15, -0.1) is 0 Å². The van der Waals surface area contributed by atoms with Crippen molar-refractivity contribution in [1.29, 1.82) is 0 Å². The highest BCUT2D eigenvalue weighted by atomic mass is 31.2. The number of aromatic nitrogens is 2. The third-order valence-corrected chi connectivity index (χ3v) is 7.88. The van der Waals surface area contributed by atoms with Gasteiger partial charge in [-0.3, -0.25) is 23.4 Å². The summed E-state index contributed by atoms with van der Waals surface area (Å²) in [5, 5.41) is 9.62. The maximum Gasteiger partial charge on any atom is 0.472 e. The van der Waals surface area contributed by atoms with Crippen LogP contribution in [-0.4, -0.2) is 45.0 Å². The Bertz CT molecular complexity index is 934. The highest BCUT2D eigenvalue weighted by Crippen LogP contribution is 2.48. The second-order valence-corrected chi connectivity index (χ2v) is 11.5. The number of aryl methyl sites for hydroxylation is 1. The van der Waals surface area contributed by atoms with E-state index in [0.717, 1.165) is 19.3 Å². The largest absolute Gasteiger partial charge is 0.472 e. The van der Waals surface area contributed by atoms with E-state index in [-0.39, 0.29) is 13.0 Å². The van der Waals surface area contributed by atoms with Crippen molar-refractivity contribution >= 4 is 7.82 Å². The van der Waals surface area contributed by atoms with E-state index in [1.807, 2.05) is 0 Å². The van der Waals surface area contributed by atoms with Gasteiger partial charge in [-0.25, -0.2) is 9.36 Å². The normalized spacial score (nSPS) is 21.4. The third kappa shape index (κ3) is 12.0. The van der Waals surface area contributed by atoms with Crippen molar-refractivity contribution in [3.63, 3.8) is 0 Å². The third-order valence-electron chi connectivity index (χ3n) is 6.84. The molecule has 3 N–H and O–H groups in total. The number of unbranched alkanes of at least 4 members (excludes halogenated alkanes) is 13. The van der Waals surface area contributed by atoms with Gasteiger partial charge in [0, 0.05) is 18.2 Å². The van der Waals surface area contributed by atoms with Crippen LogP contribution >= 0.6 is 7.82 Å². The zero-order chi connectivity index (χ0) is 27.1. The summed E-state index contributed by atoms with van der Waals surface area (Å²) >= 11 is 0. The number of rotatable bonds is 20. The topological polar surface area (TPSA) is 140 Å². The number of aromatic amines is 1. The fraction of sp³-hybridized carbons (Fsp3) is 0.846. The molecule has 1 aliphatic rings. The minimum Gasteiger partial charge on any atom is -0.394 e. The number of H-pyrrole nitrogens is 1. The summed E-state index contributed by atoms with van der Waals surface area (Å²) in [6, 6.07) is 0. The van der Waals surface area contributed by atoms with Crippen LogP contribution in [0.2, 0.25) is 0 Å². The average Bonchev–Trinajstić information content (AvgIpc) is 3.25. The maximum absolute atomic E-state index is 12.4. The Kier molecular flexibility index (Phi) is 15.0. The van der Waals surface area contributed by atoms with Crippen molar-refractivity contribution in [2.45, 2.75) is 129 Å². The standard InChI is InChI=1S/C26H47N2O8P/c1-3-4-5-6-7-8-9-10-11-12-13-14-15-16-17-34-37(32,33)36-22-18-24(35-23(22)20-29)28-19-21(2)25(30)27-26(28)31/h19,22-24,29H,3-18,20H2,1-2H3,(H,32,33)(H,27,30,31)/t22-,23+,24+/m0/s1. The molecule has 4 atom stereocenters. The van der Waals surface area contributed by atoms with Gasteiger partial charge in [-0.2, -0.15) is 0 Å². The molecule has 214 valence electrons. The second kappa shape index (κ2) is 17.3. The van der Waals surface area contributed by atoms with Crippen molar-refractivity contribution in [2.24, 2.45) is 0 Å². The molecule has 0 aliphatic carbocycles. The summed E-state index contributed by atoms with van der Waals surface area (Å²) in [6.07, 6.45) is 15.7. The van der Waals surface area contributed by atoms with Gasteiger partial charge in [-0.1, -0.05) is 90.4 Å². The molecule has 10 nitrogen and oxygen atoms in total. The first-order valence-electron chi connectivity index (χ1n) is 14.0. The van der Waals surface area contributed by atoms with Crippen LogP contribution in [0.25, 0.3) is 0 Å². The summed E-state index contributed by atoms with van der Waals surface area (Å²) in [4.78, 5) is 36.1. The molecule has 1 unspecified atom stereocenters. The van der Waals surface area contributed by atoms with Crippen LogP contribution in [0.1, 0.15) is 115 Å². The van der Waals surface area contributed by atoms with Crippen molar-refractivity contribution < 1.29 is 28.3 Å². The van der Waals surface area contributed by atoms with Crippen LogP contribution in [0.5, 0.6) is 0 Å². The Labute approximate surface area is 220 Å². The van der Waals surface area contributed by atoms with E-state index in [0.29, 0.717) is 12.0 Å². The highest BCUT2D eigenvalue weighted by Gasteiger charge is 2.41. The molecule has 37 heavy (non-hydrogen) atoms. The van der Waals surface area contributed by atoms with E-state index in [9.17, 15) is 24.2 Å². The van der Waals surface area contributed by atoms with Gasteiger partial charge < -0.3 is 14.7 Å². The number of hydrogen-bond donors (Lipinski definition) is 3. The summed E-state index contributed by atoms with van der Waals surface area (Å²) in [5.74, 6) is 0. The predicted molar refractivity (Wildman–Crippen MR) is 143 cm³/mol. The van der Waals surface area contributed by atoms with Gasteiger partial charge in [-0.05, 0) is 13.3 Å². The number of aliphatic hydroxyl groups excluding tert-OH is 1. The summed E-state index contributed by atoms with van der Waals surface area (Å²) < 4.78 is 29.7. The van der Waals surface area contributed by atoms with Crippen LogP contribution in [0.4, 0.5) is 0 Å². The monoisotopic (exact) mass is 546 g/mol. The number of phosphoric ester groups is 1. The molecule has 0 bridgehead atoms. The zero-order valence-electron chi connectivity index (χ0n) is 22.6. The first-order chi connectivity index (χ1) is 17.8. The molecule has 2 heterocycles. The van der Waals surface area contributed by atoms with Crippen LogP contribution < -0.4 is 11.2 Å². The Balaban J connectivity index is 1.59. The van der Waals surface area contributed by atoms with Crippen LogP contribution in [0, 0.1) is 6.92 Å². The molecule has 1 aliphatic heterocycles. The first-order valence-corrected chi connectivity index (χ1v) is 15.5. The molecule has 1 aromatic rings. The lowest BCUT2D eigenvalue weighted by Crippen LogP contribution is -2.33. The van der Waals surface area contributed by atoms with Crippen LogP contribution in [0.3, 0.4) is 0 Å². The van der Waals surface area contributed by atoms with E-state index < -0.39 is 44.1 Å². The first kappa shape index (κ1) is 31.9. The molecular weight excluding hydrogens is 499 g/mol. The molecule has 2 rings (SSSR count). The van der Waals surface area contributed by atoms with Gasteiger partial charge in [0.15, 0.2) is 0 Å². The number of nitrogens with zero attached hydrogens (tertiary/aromatic N) is 1. The Morgan fingerprint density at radius 3 is 2.08 bits per heavy atom. The second-order valence-electron chi connectivity index (χ2n) is 10.1. The lowest BCUT2D eigenvalue weighted by Gasteiger charge is -2.19. The van der Waals surface area contributed by atoms with Gasteiger partial charge in [0.2, 0.25) is 0 Å². The van der Waals surface area contributed by atoms with E-state index in [1.54, 1.807) is 6.92 Å². The van der Waals surface area contributed by atoms with E-state index in [2.05, 4.69) is 11.9 Å².